The van der Waals surface area contributed by atoms with Crippen LogP contribution in [0.15, 0.2) is 47.6 Å². The summed E-state index contributed by atoms with van der Waals surface area (Å²) >= 11 is 5.79. The third-order valence-corrected chi connectivity index (χ3v) is 3.25. The molecule has 5 nitrogen and oxygen atoms in total. The Labute approximate surface area is 139 Å². The molecule has 0 aliphatic rings. The van der Waals surface area contributed by atoms with Gasteiger partial charge in [0.15, 0.2) is 11.5 Å². The van der Waals surface area contributed by atoms with E-state index in [2.05, 4.69) is 10.5 Å². The molecule has 1 amide bonds. The zero-order valence-electron chi connectivity index (χ0n) is 12.9. The Morgan fingerprint density at radius 3 is 2.65 bits per heavy atom. The van der Waals surface area contributed by atoms with E-state index in [1.165, 1.54) is 6.21 Å². The molecule has 2 aromatic rings. The smallest absolute Gasteiger partial charge is 0.271 e. The van der Waals surface area contributed by atoms with Crippen molar-refractivity contribution in [3.05, 3.63) is 58.6 Å². The average Bonchev–Trinajstić information content (AvgIpc) is 2.56. The molecule has 0 spiro atoms. The average molecular weight is 333 g/mol. The summed E-state index contributed by atoms with van der Waals surface area (Å²) in [6, 6.07) is 12.0. The van der Waals surface area contributed by atoms with Crippen molar-refractivity contribution in [3.63, 3.8) is 0 Å². The van der Waals surface area contributed by atoms with Crippen LogP contribution in [0.5, 0.6) is 11.5 Å². The summed E-state index contributed by atoms with van der Waals surface area (Å²) in [6.07, 6.45) is 1.52. The van der Waals surface area contributed by atoms with E-state index < -0.39 is 0 Å². The maximum Gasteiger partial charge on any atom is 0.271 e. The second-order valence-corrected chi connectivity index (χ2v) is 4.95. The molecular formula is C17H17ClN2O3. The van der Waals surface area contributed by atoms with Crippen molar-refractivity contribution >= 4 is 23.7 Å². The Morgan fingerprint density at radius 1 is 1.26 bits per heavy atom. The Hall–Kier alpha value is -2.53. The molecule has 0 saturated carbocycles. The standard InChI is InChI=1S/C17H17ClN2O3/c1-3-23-16-13(5-4-6-15(16)22-2)11-19-20-17(21)12-7-9-14(18)10-8-12/h4-11H,3H2,1-2H3,(H,20,21)/b19-11+. The first-order valence-electron chi connectivity index (χ1n) is 7.04. The van der Waals surface area contributed by atoms with Gasteiger partial charge in [-0.2, -0.15) is 5.10 Å². The van der Waals surface area contributed by atoms with E-state index in [0.717, 1.165) is 0 Å². The second kappa shape index (κ2) is 8.19. The number of ether oxygens (including phenoxy) is 2. The number of nitrogens with one attached hydrogen (secondary N) is 1. The molecule has 0 aliphatic heterocycles. The summed E-state index contributed by atoms with van der Waals surface area (Å²) in [7, 11) is 1.57. The van der Waals surface area contributed by atoms with Gasteiger partial charge in [0.25, 0.3) is 5.91 Å². The summed E-state index contributed by atoms with van der Waals surface area (Å²) in [5.74, 6) is 0.876. The lowest BCUT2D eigenvalue weighted by atomic mass is 10.2. The zero-order chi connectivity index (χ0) is 16.7. The number of rotatable bonds is 6. The fourth-order valence-corrected chi connectivity index (χ4v) is 2.05. The lowest BCUT2D eigenvalue weighted by Crippen LogP contribution is -2.17. The molecule has 0 radical (unpaired) electrons. The zero-order valence-corrected chi connectivity index (χ0v) is 13.6. The van der Waals surface area contributed by atoms with Crippen LogP contribution in [0.3, 0.4) is 0 Å². The van der Waals surface area contributed by atoms with E-state index in [4.69, 9.17) is 21.1 Å². The number of halogens is 1. The minimum Gasteiger partial charge on any atom is -0.493 e. The van der Waals surface area contributed by atoms with Crippen molar-refractivity contribution in [3.8, 4) is 11.5 Å². The maximum absolute atomic E-state index is 12.0. The first-order valence-corrected chi connectivity index (χ1v) is 7.42. The van der Waals surface area contributed by atoms with Gasteiger partial charge in [0.1, 0.15) is 0 Å². The minimum atomic E-state index is -0.321. The molecule has 120 valence electrons. The quantitative estimate of drug-likeness (QED) is 0.650. The number of hydrogen-bond acceptors (Lipinski definition) is 4. The first-order chi connectivity index (χ1) is 11.2. The number of nitrogens with zero attached hydrogens (tertiary/aromatic N) is 1. The molecule has 2 aromatic carbocycles. The topological polar surface area (TPSA) is 59.9 Å². The largest absolute Gasteiger partial charge is 0.493 e. The Morgan fingerprint density at radius 2 is 2.00 bits per heavy atom. The molecule has 0 aliphatic carbocycles. The van der Waals surface area contributed by atoms with Gasteiger partial charge in [0, 0.05) is 16.1 Å². The molecule has 2 rings (SSSR count). The van der Waals surface area contributed by atoms with E-state index in [1.807, 2.05) is 19.1 Å². The van der Waals surface area contributed by atoms with Crippen molar-refractivity contribution in [2.75, 3.05) is 13.7 Å². The summed E-state index contributed by atoms with van der Waals surface area (Å²) in [6.45, 7) is 2.38. The monoisotopic (exact) mass is 332 g/mol. The number of benzene rings is 2. The number of hydrazone groups is 1. The molecule has 0 heterocycles. The van der Waals surface area contributed by atoms with Gasteiger partial charge in [-0.05, 0) is 43.3 Å². The van der Waals surface area contributed by atoms with Crippen LogP contribution >= 0.6 is 11.6 Å². The number of carbonyl (C=O) groups is 1. The highest BCUT2D eigenvalue weighted by Gasteiger charge is 2.09. The Kier molecular flexibility index (Phi) is 6.00. The molecule has 0 fully saturated rings. The SMILES string of the molecule is CCOc1c(/C=N/NC(=O)c2ccc(Cl)cc2)cccc1OC. The van der Waals surface area contributed by atoms with E-state index in [9.17, 15) is 4.79 Å². The van der Waals surface area contributed by atoms with Crippen LogP contribution in [0.25, 0.3) is 0 Å². The summed E-state index contributed by atoms with van der Waals surface area (Å²) in [5.41, 5.74) is 3.65. The highest BCUT2D eigenvalue weighted by atomic mass is 35.5. The molecule has 0 aromatic heterocycles. The fourth-order valence-electron chi connectivity index (χ4n) is 1.92. The number of methoxy groups -OCH3 is 1. The van der Waals surface area contributed by atoms with Gasteiger partial charge in [0.2, 0.25) is 0 Å². The van der Waals surface area contributed by atoms with E-state index in [1.54, 1.807) is 37.4 Å². The van der Waals surface area contributed by atoms with Crippen molar-refractivity contribution in [1.82, 2.24) is 5.43 Å². The molecular weight excluding hydrogens is 316 g/mol. The third-order valence-electron chi connectivity index (χ3n) is 2.99. The summed E-state index contributed by atoms with van der Waals surface area (Å²) in [5, 5.41) is 4.54. The van der Waals surface area contributed by atoms with Crippen LogP contribution in [0, 0.1) is 0 Å². The van der Waals surface area contributed by atoms with Crippen LogP contribution in [0.4, 0.5) is 0 Å². The highest BCUT2D eigenvalue weighted by Crippen LogP contribution is 2.29. The van der Waals surface area contributed by atoms with Crippen molar-refractivity contribution in [1.29, 1.82) is 0 Å². The Balaban J connectivity index is 2.11. The molecule has 0 atom stereocenters. The van der Waals surface area contributed by atoms with Crippen molar-refractivity contribution in [2.45, 2.75) is 6.92 Å². The summed E-state index contributed by atoms with van der Waals surface area (Å²) < 4.78 is 10.8. The van der Waals surface area contributed by atoms with Gasteiger partial charge in [-0.15, -0.1) is 0 Å². The van der Waals surface area contributed by atoms with E-state index in [-0.39, 0.29) is 5.91 Å². The fraction of sp³-hybridized carbons (Fsp3) is 0.176. The lowest BCUT2D eigenvalue weighted by Gasteiger charge is -2.11. The van der Waals surface area contributed by atoms with Gasteiger partial charge in [-0.3, -0.25) is 4.79 Å². The van der Waals surface area contributed by atoms with Crippen molar-refractivity contribution < 1.29 is 14.3 Å². The van der Waals surface area contributed by atoms with Gasteiger partial charge < -0.3 is 9.47 Å². The van der Waals surface area contributed by atoms with Gasteiger partial charge >= 0.3 is 0 Å². The second-order valence-electron chi connectivity index (χ2n) is 4.52. The Bertz CT molecular complexity index is 699. The third kappa shape index (κ3) is 4.47. The minimum absolute atomic E-state index is 0.321. The van der Waals surface area contributed by atoms with Gasteiger partial charge in [-0.25, -0.2) is 5.43 Å². The van der Waals surface area contributed by atoms with E-state index >= 15 is 0 Å². The lowest BCUT2D eigenvalue weighted by molar-refractivity contribution is 0.0955. The highest BCUT2D eigenvalue weighted by molar-refractivity contribution is 6.30. The van der Waals surface area contributed by atoms with Crippen LogP contribution in [-0.4, -0.2) is 25.8 Å². The predicted octanol–water partition coefficient (Wildman–Crippen LogP) is 3.51. The molecule has 6 heteroatoms. The number of amides is 1. The van der Waals surface area contributed by atoms with Gasteiger partial charge in [-0.1, -0.05) is 17.7 Å². The normalized spacial score (nSPS) is 10.6. The first kappa shape index (κ1) is 16.8. The predicted molar refractivity (Wildman–Crippen MR) is 90.7 cm³/mol. The van der Waals surface area contributed by atoms with Crippen LogP contribution < -0.4 is 14.9 Å². The maximum atomic E-state index is 12.0. The van der Waals surface area contributed by atoms with Crippen LogP contribution in [0.1, 0.15) is 22.8 Å². The molecule has 1 N–H and O–H groups in total. The number of para-hydroxylation sites is 1. The van der Waals surface area contributed by atoms with Gasteiger partial charge in [0.05, 0.1) is 19.9 Å². The molecule has 0 unspecified atom stereocenters. The molecule has 0 bridgehead atoms. The number of carbonyl (C=O) groups excluding carboxylic acids is 1. The van der Waals surface area contributed by atoms with Crippen LogP contribution in [0.2, 0.25) is 5.02 Å². The molecule has 23 heavy (non-hydrogen) atoms. The van der Waals surface area contributed by atoms with Crippen molar-refractivity contribution in [2.24, 2.45) is 5.10 Å². The van der Waals surface area contributed by atoms with E-state index in [0.29, 0.717) is 34.3 Å². The summed E-state index contributed by atoms with van der Waals surface area (Å²) in [4.78, 5) is 12.0. The number of hydrogen-bond donors (Lipinski definition) is 1. The van der Waals surface area contributed by atoms with Crippen LogP contribution in [-0.2, 0) is 0 Å². The molecule has 0 saturated heterocycles.